The molecule has 0 aromatic carbocycles. The molecule has 0 aliphatic rings. The molecule has 0 saturated carbocycles. The first-order valence-corrected chi connectivity index (χ1v) is 5.51. The maximum absolute atomic E-state index is 11.9. The lowest BCUT2D eigenvalue weighted by atomic mass is 10.1. The van der Waals surface area contributed by atoms with Gasteiger partial charge in [0.15, 0.2) is 0 Å². The molecule has 6 heteroatoms. The van der Waals surface area contributed by atoms with Crippen LogP contribution in [0.2, 0.25) is 0 Å². The zero-order chi connectivity index (χ0) is 12.9. The van der Waals surface area contributed by atoms with E-state index in [1.807, 2.05) is 13.8 Å². The smallest absolute Gasteiger partial charge is 0.244 e. The number of amides is 1. The highest BCUT2D eigenvalue weighted by molar-refractivity contribution is 5.97. The van der Waals surface area contributed by atoms with Gasteiger partial charge < -0.3 is 15.4 Å². The fourth-order valence-electron chi connectivity index (χ4n) is 1.14. The minimum Gasteiger partial charge on any atom is -0.383 e. The first-order valence-electron chi connectivity index (χ1n) is 5.51. The van der Waals surface area contributed by atoms with Gasteiger partial charge in [-0.3, -0.25) is 9.48 Å². The molecular formula is C11H20N4O2. The summed E-state index contributed by atoms with van der Waals surface area (Å²) < 4.78 is 6.68. The second-order valence-electron chi connectivity index (χ2n) is 4.31. The molecule has 1 aromatic heterocycles. The molecule has 0 bridgehead atoms. The Balaban J connectivity index is 2.57. The van der Waals surface area contributed by atoms with Crippen molar-refractivity contribution < 1.29 is 9.53 Å². The van der Waals surface area contributed by atoms with Gasteiger partial charge in [0.25, 0.3) is 0 Å². The van der Waals surface area contributed by atoms with Crippen molar-refractivity contribution in [3.05, 3.63) is 12.4 Å². The summed E-state index contributed by atoms with van der Waals surface area (Å²) in [6.45, 7) is 4.90. The SMILES string of the molecule is CNC(C)(C)C(=O)Nc1cnn(CCOC)c1. The second kappa shape index (κ2) is 5.79. The Labute approximate surface area is 101 Å². The maximum atomic E-state index is 11.9. The van der Waals surface area contributed by atoms with Gasteiger partial charge >= 0.3 is 0 Å². The fourth-order valence-corrected chi connectivity index (χ4v) is 1.14. The molecule has 0 atom stereocenters. The Morgan fingerprint density at radius 2 is 2.29 bits per heavy atom. The van der Waals surface area contributed by atoms with Gasteiger partial charge in [-0.1, -0.05) is 0 Å². The summed E-state index contributed by atoms with van der Waals surface area (Å²) in [7, 11) is 3.39. The van der Waals surface area contributed by atoms with Crippen molar-refractivity contribution in [3.8, 4) is 0 Å². The highest BCUT2D eigenvalue weighted by Gasteiger charge is 2.25. The van der Waals surface area contributed by atoms with Crippen LogP contribution in [0.5, 0.6) is 0 Å². The standard InChI is InChI=1S/C11H20N4O2/c1-11(2,12-3)10(16)14-9-7-13-15(8-9)5-6-17-4/h7-8,12H,5-6H2,1-4H3,(H,14,16). The van der Waals surface area contributed by atoms with Gasteiger partial charge in [0.1, 0.15) is 0 Å². The van der Waals surface area contributed by atoms with E-state index in [1.165, 1.54) is 0 Å². The minimum atomic E-state index is -0.603. The summed E-state index contributed by atoms with van der Waals surface area (Å²) >= 11 is 0. The first-order chi connectivity index (χ1) is 7.99. The molecule has 1 heterocycles. The average Bonchev–Trinajstić information content (AvgIpc) is 2.74. The van der Waals surface area contributed by atoms with E-state index in [-0.39, 0.29) is 5.91 Å². The van der Waals surface area contributed by atoms with Crippen molar-refractivity contribution in [1.29, 1.82) is 0 Å². The molecule has 0 spiro atoms. The normalized spacial score (nSPS) is 11.5. The number of hydrogen-bond donors (Lipinski definition) is 2. The lowest BCUT2D eigenvalue weighted by Gasteiger charge is -2.22. The summed E-state index contributed by atoms with van der Waals surface area (Å²) in [5.41, 5.74) is 0.0867. The van der Waals surface area contributed by atoms with Crippen LogP contribution in [0.25, 0.3) is 0 Å². The number of methoxy groups -OCH3 is 1. The third-order valence-electron chi connectivity index (χ3n) is 2.61. The van der Waals surface area contributed by atoms with Gasteiger partial charge in [0.05, 0.1) is 30.6 Å². The topological polar surface area (TPSA) is 68.2 Å². The molecule has 96 valence electrons. The molecule has 1 amide bonds. The van der Waals surface area contributed by atoms with Crippen LogP contribution in [0.1, 0.15) is 13.8 Å². The van der Waals surface area contributed by atoms with E-state index in [4.69, 9.17) is 4.74 Å². The van der Waals surface area contributed by atoms with Crippen molar-refractivity contribution >= 4 is 11.6 Å². The Morgan fingerprint density at radius 3 is 2.88 bits per heavy atom. The number of aromatic nitrogens is 2. The second-order valence-corrected chi connectivity index (χ2v) is 4.31. The molecule has 2 N–H and O–H groups in total. The summed E-state index contributed by atoms with van der Waals surface area (Å²) in [6, 6.07) is 0. The van der Waals surface area contributed by atoms with Crippen LogP contribution < -0.4 is 10.6 Å². The summed E-state index contributed by atoms with van der Waals surface area (Å²) in [5.74, 6) is -0.0914. The number of anilines is 1. The molecule has 1 rings (SSSR count). The highest BCUT2D eigenvalue weighted by Crippen LogP contribution is 2.09. The summed E-state index contributed by atoms with van der Waals surface area (Å²) in [6.07, 6.45) is 3.40. The van der Waals surface area contributed by atoms with Crippen LogP contribution in [-0.2, 0) is 16.1 Å². The van der Waals surface area contributed by atoms with Gasteiger partial charge in [0, 0.05) is 13.3 Å². The van der Waals surface area contributed by atoms with Crippen LogP contribution >= 0.6 is 0 Å². The van der Waals surface area contributed by atoms with E-state index in [9.17, 15) is 4.79 Å². The van der Waals surface area contributed by atoms with E-state index < -0.39 is 5.54 Å². The molecule has 0 aliphatic heterocycles. The first kappa shape index (κ1) is 13.7. The molecular weight excluding hydrogens is 220 g/mol. The van der Waals surface area contributed by atoms with Crippen molar-refractivity contribution in [1.82, 2.24) is 15.1 Å². The molecule has 17 heavy (non-hydrogen) atoms. The largest absolute Gasteiger partial charge is 0.383 e. The van der Waals surface area contributed by atoms with Gasteiger partial charge in [-0.15, -0.1) is 0 Å². The highest BCUT2D eigenvalue weighted by atomic mass is 16.5. The number of rotatable bonds is 6. The van der Waals surface area contributed by atoms with E-state index in [2.05, 4.69) is 15.7 Å². The number of ether oxygens (including phenoxy) is 1. The molecule has 1 aromatic rings. The van der Waals surface area contributed by atoms with E-state index in [1.54, 1.807) is 31.2 Å². The molecule has 0 unspecified atom stereocenters. The van der Waals surface area contributed by atoms with Crippen molar-refractivity contribution in [2.75, 3.05) is 26.1 Å². The number of nitrogens with one attached hydrogen (secondary N) is 2. The number of hydrogen-bond acceptors (Lipinski definition) is 4. The Morgan fingerprint density at radius 1 is 1.59 bits per heavy atom. The number of nitrogens with zero attached hydrogens (tertiary/aromatic N) is 2. The average molecular weight is 240 g/mol. The number of carbonyl (C=O) groups is 1. The van der Waals surface area contributed by atoms with E-state index in [0.29, 0.717) is 18.8 Å². The fraction of sp³-hybridized carbons (Fsp3) is 0.636. The Kier molecular flexibility index (Phi) is 4.65. The summed E-state index contributed by atoms with van der Waals surface area (Å²) in [5, 5.41) is 9.86. The van der Waals surface area contributed by atoms with Crippen LogP contribution in [-0.4, -0.2) is 42.0 Å². The zero-order valence-electron chi connectivity index (χ0n) is 10.8. The molecule has 0 fully saturated rings. The van der Waals surface area contributed by atoms with Gasteiger partial charge in [-0.05, 0) is 20.9 Å². The van der Waals surface area contributed by atoms with Gasteiger partial charge in [-0.2, -0.15) is 5.10 Å². The predicted molar refractivity (Wildman–Crippen MR) is 65.9 cm³/mol. The van der Waals surface area contributed by atoms with E-state index >= 15 is 0 Å². The van der Waals surface area contributed by atoms with Crippen molar-refractivity contribution in [2.45, 2.75) is 25.9 Å². The van der Waals surface area contributed by atoms with Gasteiger partial charge in [0.2, 0.25) is 5.91 Å². The zero-order valence-corrected chi connectivity index (χ0v) is 10.8. The van der Waals surface area contributed by atoms with Crippen LogP contribution in [0.4, 0.5) is 5.69 Å². The molecule has 0 saturated heterocycles. The van der Waals surface area contributed by atoms with E-state index in [0.717, 1.165) is 0 Å². The lowest BCUT2D eigenvalue weighted by molar-refractivity contribution is -0.121. The minimum absolute atomic E-state index is 0.0914. The Bertz CT molecular complexity index is 373. The molecule has 0 aliphatic carbocycles. The van der Waals surface area contributed by atoms with Crippen LogP contribution in [0.3, 0.4) is 0 Å². The van der Waals surface area contributed by atoms with Gasteiger partial charge in [-0.25, -0.2) is 0 Å². The lowest BCUT2D eigenvalue weighted by Crippen LogP contribution is -2.47. The quantitative estimate of drug-likeness (QED) is 0.758. The third kappa shape index (κ3) is 3.83. The van der Waals surface area contributed by atoms with Crippen LogP contribution in [0, 0.1) is 0 Å². The number of likely N-dealkylation sites (N-methyl/N-ethyl adjacent to an activating group) is 1. The number of carbonyl (C=O) groups excluding carboxylic acids is 1. The molecule has 0 radical (unpaired) electrons. The third-order valence-corrected chi connectivity index (χ3v) is 2.61. The predicted octanol–water partition coefficient (Wildman–Crippen LogP) is 0.466. The monoisotopic (exact) mass is 240 g/mol. The maximum Gasteiger partial charge on any atom is 0.244 e. The van der Waals surface area contributed by atoms with Crippen molar-refractivity contribution in [3.63, 3.8) is 0 Å². The molecule has 6 nitrogen and oxygen atoms in total. The van der Waals surface area contributed by atoms with Crippen LogP contribution in [0.15, 0.2) is 12.4 Å². The summed E-state index contributed by atoms with van der Waals surface area (Å²) in [4.78, 5) is 11.9. The Hall–Kier alpha value is -1.40. The van der Waals surface area contributed by atoms with Crippen molar-refractivity contribution in [2.24, 2.45) is 0 Å².